The first-order valence-corrected chi connectivity index (χ1v) is 6.17. The van der Waals surface area contributed by atoms with Gasteiger partial charge in [-0.05, 0) is 31.4 Å². The lowest BCUT2D eigenvalue weighted by Gasteiger charge is -2.40. The predicted molar refractivity (Wildman–Crippen MR) is 65.5 cm³/mol. The van der Waals surface area contributed by atoms with Crippen molar-refractivity contribution >= 4 is 5.69 Å². The summed E-state index contributed by atoms with van der Waals surface area (Å²) < 4.78 is 38.9. The summed E-state index contributed by atoms with van der Waals surface area (Å²) in [6.45, 7) is 0.834. The largest absolute Gasteiger partial charge is 0.418 e. The third kappa shape index (κ3) is 2.61. The van der Waals surface area contributed by atoms with Crippen molar-refractivity contribution in [1.29, 1.82) is 0 Å². The van der Waals surface area contributed by atoms with Gasteiger partial charge in [0.1, 0.15) is 0 Å². The summed E-state index contributed by atoms with van der Waals surface area (Å²) in [4.78, 5) is 1.81. The van der Waals surface area contributed by atoms with Crippen LogP contribution in [-0.2, 0) is 6.18 Å². The second kappa shape index (κ2) is 5.18. The lowest BCUT2D eigenvalue weighted by atomic mass is 9.90. The molecule has 1 aliphatic rings. The fourth-order valence-corrected chi connectivity index (χ4v) is 2.30. The molecule has 2 N–H and O–H groups in total. The van der Waals surface area contributed by atoms with Crippen molar-refractivity contribution in [2.45, 2.75) is 31.5 Å². The van der Waals surface area contributed by atoms with Crippen LogP contribution in [0, 0.1) is 0 Å². The van der Waals surface area contributed by atoms with Gasteiger partial charge in [-0.3, -0.25) is 0 Å². The number of rotatable bonds is 4. The van der Waals surface area contributed by atoms with Crippen LogP contribution in [0.1, 0.15) is 24.8 Å². The molecule has 0 heterocycles. The predicted octanol–water partition coefficient (Wildman–Crippen LogP) is 3.02. The van der Waals surface area contributed by atoms with Gasteiger partial charge in [-0.1, -0.05) is 12.1 Å². The van der Waals surface area contributed by atoms with Gasteiger partial charge in [-0.25, -0.2) is 0 Å². The van der Waals surface area contributed by atoms with Gasteiger partial charge in [0, 0.05) is 24.8 Å². The molecule has 2 nitrogen and oxygen atoms in total. The van der Waals surface area contributed by atoms with E-state index in [-0.39, 0.29) is 11.7 Å². The van der Waals surface area contributed by atoms with Gasteiger partial charge in [-0.2, -0.15) is 13.2 Å². The monoisotopic (exact) mass is 258 g/mol. The molecule has 100 valence electrons. The van der Waals surface area contributed by atoms with Crippen LogP contribution >= 0.6 is 0 Å². The standard InChI is InChI=1S/C13H17F3N2/c14-13(15,16)11-6-1-2-7-12(11)18(9-8-17)10-4-3-5-10/h1-2,6-7,10H,3-5,8-9,17H2. The summed E-state index contributed by atoms with van der Waals surface area (Å²) in [5, 5.41) is 0. The molecule has 0 amide bonds. The third-order valence-electron chi connectivity index (χ3n) is 3.40. The summed E-state index contributed by atoms with van der Waals surface area (Å²) in [5.41, 5.74) is 5.22. The molecule has 2 rings (SSSR count). The number of para-hydroxylation sites is 1. The molecule has 0 saturated heterocycles. The molecule has 0 bridgehead atoms. The van der Waals surface area contributed by atoms with Crippen molar-refractivity contribution in [3.63, 3.8) is 0 Å². The van der Waals surface area contributed by atoms with Gasteiger partial charge in [0.15, 0.2) is 0 Å². The van der Waals surface area contributed by atoms with Crippen LogP contribution in [0.2, 0.25) is 0 Å². The van der Waals surface area contributed by atoms with Crippen molar-refractivity contribution in [2.75, 3.05) is 18.0 Å². The van der Waals surface area contributed by atoms with Crippen LogP contribution in [0.3, 0.4) is 0 Å². The zero-order chi connectivity index (χ0) is 13.2. The Labute approximate surface area is 105 Å². The highest BCUT2D eigenvalue weighted by Gasteiger charge is 2.36. The van der Waals surface area contributed by atoms with E-state index in [9.17, 15) is 13.2 Å². The highest BCUT2D eigenvalue weighted by Crippen LogP contribution is 2.39. The summed E-state index contributed by atoms with van der Waals surface area (Å²) in [7, 11) is 0. The summed E-state index contributed by atoms with van der Waals surface area (Å²) in [6.07, 6.45) is -1.33. The average Bonchev–Trinajstić information content (AvgIpc) is 2.25. The zero-order valence-corrected chi connectivity index (χ0v) is 10.1. The minimum atomic E-state index is -4.31. The lowest BCUT2D eigenvalue weighted by Crippen LogP contribution is -2.43. The highest BCUT2D eigenvalue weighted by molar-refractivity contribution is 5.56. The van der Waals surface area contributed by atoms with Crippen LogP contribution in [0.15, 0.2) is 24.3 Å². The van der Waals surface area contributed by atoms with Gasteiger partial charge in [0.25, 0.3) is 0 Å². The van der Waals surface area contributed by atoms with Crippen molar-refractivity contribution in [1.82, 2.24) is 0 Å². The number of alkyl halides is 3. The Kier molecular flexibility index (Phi) is 3.80. The number of nitrogens with zero attached hydrogens (tertiary/aromatic N) is 1. The van der Waals surface area contributed by atoms with Gasteiger partial charge >= 0.3 is 6.18 Å². The Morgan fingerprint density at radius 2 is 1.89 bits per heavy atom. The Morgan fingerprint density at radius 3 is 2.39 bits per heavy atom. The first kappa shape index (κ1) is 13.2. The molecule has 1 saturated carbocycles. The second-order valence-electron chi connectivity index (χ2n) is 4.58. The Morgan fingerprint density at radius 1 is 1.22 bits per heavy atom. The van der Waals surface area contributed by atoms with Gasteiger partial charge in [-0.15, -0.1) is 0 Å². The van der Waals surface area contributed by atoms with Crippen molar-refractivity contribution in [3.8, 4) is 0 Å². The van der Waals surface area contributed by atoms with Crippen molar-refractivity contribution in [2.24, 2.45) is 5.73 Å². The molecule has 18 heavy (non-hydrogen) atoms. The van der Waals surface area contributed by atoms with E-state index >= 15 is 0 Å². The first-order chi connectivity index (χ1) is 8.54. The first-order valence-electron chi connectivity index (χ1n) is 6.17. The minimum Gasteiger partial charge on any atom is -0.367 e. The van der Waals surface area contributed by atoms with Crippen molar-refractivity contribution < 1.29 is 13.2 Å². The number of hydrogen-bond donors (Lipinski definition) is 1. The zero-order valence-electron chi connectivity index (χ0n) is 10.1. The van der Waals surface area contributed by atoms with E-state index in [1.807, 2.05) is 4.90 Å². The maximum absolute atomic E-state index is 13.0. The minimum absolute atomic E-state index is 0.206. The fourth-order valence-electron chi connectivity index (χ4n) is 2.30. The Hall–Kier alpha value is -1.23. The maximum Gasteiger partial charge on any atom is 0.418 e. The Bertz CT molecular complexity index is 399. The summed E-state index contributed by atoms with van der Waals surface area (Å²) in [6, 6.07) is 5.95. The van der Waals surface area contributed by atoms with E-state index in [2.05, 4.69) is 0 Å². The quantitative estimate of drug-likeness (QED) is 0.899. The van der Waals surface area contributed by atoms with Crippen LogP contribution in [0.25, 0.3) is 0 Å². The SMILES string of the molecule is NCCN(c1ccccc1C(F)(F)F)C1CCC1. The molecule has 0 aromatic heterocycles. The molecular weight excluding hydrogens is 241 g/mol. The number of hydrogen-bond acceptors (Lipinski definition) is 2. The molecule has 0 spiro atoms. The smallest absolute Gasteiger partial charge is 0.367 e. The van der Waals surface area contributed by atoms with E-state index in [1.165, 1.54) is 12.1 Å². The van der Waals surface area contributed by atoms with Crippen LogP contribution in [0.4, 0.5) is 18.9 Å². The maximum atomic E-state index is 13.0. The van der Waals surface area contributed by atoms with Gasteiger partial charge in [0.05, 0.1) is 5.56 Å². The number of nitrogens with two attached hydrogens (primary N) is 1. The second-order valence-corrected chi connectivity index (χ2v) is 4.58. The van der Waals surface area contributed by atoms with E-state index in [0.29, 0.717) is 13.1 Å². The molecule has 0 aliphatic heterocycles. The van der Waals surface area contributed by atoms with Crippen LogP contribution < -0.4 is 10.6 Å². The van der Waals surface area contributed by atoms with E-state index in [4.69, 9.17) is 5.73 Å². The van der Waals surface area contributed by atoms with E-state index < -0.39 is 11.7 Å². The number of halogens is 3. The molecule has 0 unspecified atom stereocenters. The molecule has 5 heteroatoms. The number of anilines is 1. The third-order valence-corrected chi connectivity index (χ3v) is 3.40. The van der Waals surface area contributed by atoms with Crippen LogP contribution in [-0.4, -0.2) is 19.1 Å². The summed E-state index contributed by atoms with van der Waals surface area (Å²) >= 11 is 0. The van der Waals surface area contributed by atoms with E-state index in [1.54, 1.807) is 6.07 Å². The molecule has 1 aromatic carbocycles. The topological polar surface area (TPSA) is 29.3 Å². The van der Waals surface area contributed by atoms with Crippen molar-refractivity contribution in [3.05, 3.63) is 29.8 Å². The lowest BCUT2D eigenvalue weighted by molar-refractivity contribution is -0.137. The molecule has 1 aliphatic carbocycles. The molecule has 0 atom stereocenters. The molecular formula is C13H17F3N2. The molecule has 0 radical (unpaired) electrons. The Balaban J connectivity index is 2.34. The normalized spacial score (nSPS) is 16.4. The summed E-state index contributed by atoms with van der Waals surface area (Å²) in [5.74, 6) is 0. The van der Waals surface area contributed by atoms with E-state index in [0.717, 1.165) is 25.3 Å². The highest BCUT2D eigenvalue weighted by atomic mass is 19.4. The molecule has 1 aromatic rings. The fraction of sp³-hybridized carbons (Fsp3) is 0.538. The molecule has 1 fully saturated rings. The van der Waals surface area contributed by atoms with Gasteiger partial charge < -0.3 is 10.6 Å². The van der Waals surface area contributed by atoms with Gasteiger partial charge in [0.2, 0.25) is 0 Å². The van der Waals surface area contributed by atoms with Crippen LogP contribution in [0.5, 0.6) is 0 Å². The average molecular weight is 258 g/mol. The number of benzene rings is 1.